The highest BCUT2D eigenvalue weighted by Gasteiger charge is 2.49. The number of benzene rings is 3. The third kappa shape index (κ3) is 3.10. The second kappa shape index (κ2) is 7.25. The number of ether oxygens (including phenoxy) is 1. The van der Waals surface area contributed by atoms with Gasteiger partial charge in [0.05, 0.1) is 5.56 Å². The Labute approximate surface area is 174 Å². The summed E-state index contributed by atoms with van der Waals surface area (Å²) in [6, 6.07) is 20.7. The molecule has 0 aliphatic carbocycles. The van der Waals surface area contributed by atoms with Crippen molar-refractivity contribution in [2.24, 2.45) is 0 Å². The summed E-state index contributed by atoms with van der Waals surface area (Å²) in [6.07, 6.45) is 0. The molecule has 0 saturated heterocycles. The van der Waals surface area contributed by atoms with Crippen LogP contribution in [0.15, 0.2) is 66.7 Å². The first-order valence-electron chi connectivity index (χ1n) is 8.94. The van der Waals surface area contributed by atoms with Gasteiger partial charge in [-0.15, -0.1) is 0 Å². The smallest absolute Gasteiger partial charge is 0.340 e. The summed E-state index contributed by atoms with van der Waals surface area (Å²) < 4.78 is 6.15. The van der Waals surface area contributed by atoms with Crippen molar-refractivity contribution < 1.29 is 9.53 Å². The van der Waals surface area contributed by atoms with Crippen LogP contribution in [0.2, 0.25) is 10.0 Å². The molecule has 0 amide bonds. The Kier molecular flexibility index (Phi) is 4.92. The van der Waals surface area contributed by atoms with Crippen molar-refractivity contribution in [3.05, 3.63) is 105 Å². The van der Waals surface area contributed by atoms with E-state index in [-0.39, 0.29) is 5.97 Å². The monoisotopic (exact) mass is 411 g/mol. The van der Waals surface area contributed by atoms with Gasteiger partial charge in [-0.25, -0.2) is 4.79 Å². The molecule has 1 atom stereocenters. The van der Waals surface area contributed by atoms with Crippen molar-refractivity contribution in [2.45, 2.75) is 12.1 Å². The molecule has 142 valence electrons. The molecule has 0 bridgehead atoms. The van der Waals surface area contributed by atoms with Gasteiger partial charge in [-0.1, -0.05) is 59.6 Å². The molecular formula is C23H19Cl2NO2. The van der Waals surface area contributed by atoms with Crippen LogP contribution in [0.25, 0.3) is 0 Å². The maximum atomic E-state index is 12.8. The Hall–Kier alpha value is -2.33. The van der Waals surface area contributed by atoms with E-state index in [2.05, 4.69) is 11.0 Å². The molecule has 1 aliphatic heterocycles. The summed E-state index contributed by atoms with van der Waals surface area (Å²) in [4.78, 5) is 14.9. The normalized spacial score (nSPS) is 18.2. The van der Waals surface area contributed by atoms with Crippen molar-refractivity contribution in [1.82, 2.24) is 4.90 Å². The van der Waals surface area contributed by atoms with Crippen LogP contribution < -0.4 is 0 Å². The van der Waals surface area contributed by atoms with Crippen LogP contribution in [-0.2, 0) is 16.9 Å². The van der Waals surface area contributed by atoms with E-state index in [0.29, 0.717) is 22.2 Å². The second-order valence-corrected chi connectivity index (χ2v) is 8.04. The molecule has 0 N–H and O–H groups in total. The molecule has 3 aromatic carbocycles. The van der Waals surface area contributed by atoms with Crippen molar-refractivity contribution in [3.8, 4) is 0 Å². The van der Waals surface area contributed by atoms with Crippen LogP contribution in [0, 0.1) is 0 Å². The van der Waals surface area contributed by atoms with Gasteiger partial charge in [0, 0.05) is 33.3 Å². The van der Waals surface area contributed by atoms with Gasteiger partial charge in [0.25, 0.3) is 0 Å². The number of fused-ring (bicyclic) bond motifs is 1. The maximum Gasteiger partial charge on any atom is 0.340 e. The number of nitrogens with zero attached hydrogens (tertiary/aromatic N) is 1. The summed E-state index contributed by atoms with van der Waals surface area (Å²) >= 11 is 12.5. The van der Waals surface area contributed by atoms with E-state index in [4.69, 9.17) is 27.9 Å². The highest BCUT2D eigenvalue weighted by atomic mass is 35.5. The fourth-order valence-electron chi connectivity index (χ4n) is 3.83. The van der Waals surface area contributed by atoms with Crippen LogP contribution in [0.5, 0.6) is 0 Å². The average molecular weight is 412 g/mol. The Morgan fingerprint density at radius 1 is 0.893 bits per heavy atom. The van der Waals surface area contributed by atoms with Crippen molar-refractivity contribution in [2.75, 3.05) is 14.1 Å². The number of esters is 1. The first-order valence-corrected chi connectivity index (χ1v) is 9.70. The zero-order valence-electron chi connectivity index (χ0n) is 15.6. The zero-order valence-corrected chi connectivity index (χ0v) is 17.1. The van der Waals surface area contributed by atoms with Crippen LogP contribution >= 0.6 is 23.2 Å². The molecule has 1 aliphatic rings. The van der Waals surface area contributed by atoms with Crippen LogP contribution in [0.3, 0.4) is 0 Å². The van der Waals surface area contributed by atoms with E-state index in [1.807, 2.05) is 62.6 Å². The molecule has 0 aromatic heterocycles. The fraction of sp³-hybridized carbons (Fsp3) is 0.174. The summed E-state index contributed by atoms with van der Waals surface area (Å²) in [5.74, 6) is -0.360. The minimum Gasteiger partial charge on any atom is -0.441 e. The van der Waals surface area contributed by atoms with E-state index in [1.54, 1.807) is 12.1 Å². The summed E-state index contributed by atoms with van der Waals surface area (Å²) in [7, 11) is 4.02. The summed E-state index contributed by atoms with van der Waals surface area (Å²) in [6.45, 7) is 0.707. The van der Waals surface area contributed by atoms with E-state index >= 15 is 0 Å². The molecule has 3 aromatic rings. The number of carbonyl (C=O) groups is 1. The molecule has 0 saturated carbocycles. The lowest BCUT2D eigenvalue weighted by molar-refractivity contribution is 0.0248. The predicted octanol–water partition coefficient (Wildman–Crippen LogP) is 5.52. The third-order valence-electron chi connectivity index (χ3n) is 4.96. The lowest BCUT2D eigenvalue weighted by Crippen LogP contribution is -2.31. The van der Waals surface area contributed by atoms with Gasteiger partial charge in [0.1, 0.15) is 0 Å². The predicted molar refractivity (Wildman–Crippen MR) is 112 cm³/mol. The first kappa shape index (κ1) is 19.0. The topological polar surface area (TPSA) is 29.5 Å². The number of halogens is 2. The SMILES string of the molecule is CN(C)Cc1ccccc1C1(c2ccc(Cl)cc2)OC(=O)c2ccc(Cl)cc21. The first-order chi connectivity index (χ1) is 13.4. The Balaban J connectivity index is 2.06. The maximum absolute atomic E-state index is 12.8. The highest BCUT2D eigenvalue weighted by molar-refractivity contribution is 6.31. The fourth-order valence-corrected chi connectivity index (χ4v) is 4.13. The van der Waals surface area contributed by atoms with E-state index < -0.39 is 5.60 Å². The number of hydrogen-bond donors (Lipinski definition) is 0. The van der Waals surface area contributed by atoms with E-state index in [9.17, 15) is 4.79 Å². The Bertz CT molecular complexity index is 1050. The quantitative estimate of drug-likeness (QED) is 0.529. The molecule has 0 spiro atoms. The van der Waals surface area contributed by atoms with Gasteiger partial charge < -0.3 is 9.64 Å². The largest absolute Gasteiger partial charge is 0.441 e. The van der Waals surface area contributed by atoms with Gasteiger partial charge in [-0.2, -0.15) is 0 Å². The third-order valence-corrected chi connectivity index (χ3v) is 5.45. The zero-order chi connectivity index (χ0) is 19.9. The second-order valence-electron chi connectivity index (χ2n) is 7.16. The van der Waals surface area contributed by atoms with Gasteiger partial charge in [-0.3, -0.25) is 0 Å². The molecule has 4 rings (SSSR count). The van der Waals surface area contributed by atoms with E-state index in [1.165, 1.54) is 0 Å². The van der Waals surface area contributed by atoms with E-state index in [0.717, 1.165) is 22.3 Å². The number of carbonyl (C=O) groups excluding carboxylic acids is 1. The Morgan fingerprint density at radius 2 is 1.57 bits per heavy atom. The number of rotatable bonds is 4. The molecule has 1 unspecified atom stereocenters. The minimum absolute atomic E-state index is 0.360. The lowest BCUT2D eigenvalue weighted by atomic mass is 9.78. The number of cyclic esters (lactones) is 1. The van der Waals surface area contributed by atoms with Crippen molar-refractivity contribution in [1.29, 1.82) is 0 Å². The standard InChI is InChI=1S/C23H19Cl2NO2/c1-26(2)14-15-5-3-4-6-20(15)23(16-7-9-17(24)10-8-16)21-13-18(25)11-12-19(21)22(27)28-23/h3-13H,14H2,1-2H3. The number of hydrogen-bond acceptors (Lipinski definition) is 3. The molecule has 0 fully saturated rings. The Morgan fingerprint density at radius 3 is 2.29 bits per heavy atom. The summed E-state index contributed by atoms with van der Waals surface area (Å²) in [5.41, 5.74) is 3.02. The van der Waals surface area contributed by atoms with Gasteiger partial charge in [0.15, 0.2) is 5.60 Å². The lowest BCUT2D eigenvalue weighted by Gasteiger charge is -2.32. The minimum atomic E-state index is -1.07. The van der Waals surface area contributed by atoms with Gasteiger partial charge in [-0.05, 0) is 50.0 Å². The van der Waals surface area contributed by atoms with Crippen molar-refractivity contribution in [3.63, 3.8) is 0 Å². The molecule has 0 radical (unpaired) electrons. The van der Waals surface area contributed by atoms with Crippen LogP contribution in [-0.4, -0.2) is 25.0 Å². The molecule has 1 heterocycles. The average Bonchev–Trinajstić information content (AvgIpc) is 2.95. The van der Waals surface area contributed by atoms with Crippen LogP contribution in [0.1, 0.15) is 32.6 Å². The van der Waals surface area contributed by atoms with Gasteiger partial charge in [0.2, 0.25) is 0 Å². The van der Waals surface area contributed by atoms with Crippen molar-refractivity contribution >= 4 is 29.2 Å². The van der Waals surface area contributed by atoms with Crippen LogP contribution in [0.4, 0.5) is 0 Å². The molecular weight excluding hydrogens is 393 g/mol. The summed E-state index contributed by atoms with van der Waals surface area (Å²) in [5, 5.41) is 1.18. The molecule has 3 nitrogen and oxygen atoms in total. The molecule has 28 heavy (non-hydrogen) atoms. The highest BCUT2D eigenvalue weighted by Crippen LogP contribution is 2.49. The molecule has 5 heteroatoms. The van der Waals surface area contributed by atoms with Gasteiger partial charge >= 0.3 is 5.97 Å².